The molecule has 2 aliphatic heterocycles. The SMILES string of the molecule is COCCOCOC1=C(c2c(C)cccc2C)C(=O)N(OC)C12CCC1(CC2)OCCO1. The van der Waals surface area contributed by atoms with Crippen LogP contribution in [0.5, 0.6) is 0 Å². The Morgan fingerprint density at radius 1 is 1.00 bits per heavy atom. The normalized spacial score (nSPS) is 21.9. The van der Waals surface area contributed by atoms with E-state index in [1.54, 1.807) is 7.11 Å². The minimum absolute atomic E-state index is 0.0256. The maximum atomic E-state index is 13.7. The largest absolute Gasteiger partial charge is 0.468 e. The van der Waals surface area contributed by atoms with E-state index < -0.39 is 11.3 Å². The molecule has 0 bridgehead atoms. The molecular weight excluding hydrogens is 414 g/mol. The van der Waals surface area contributed by atoms with Crippen molar-refractivity contribution in [2.24, 2.45) is 0 Å². The van der Waals surface area contributed by atoms with Crippen molar-refractivity contribution < 1.29 is 33.3 Å². The summed E-state index contributed by atoms with van der Waals surface area (Å²) < 4.78 is 28.8. The molecule has 0 N–H and O–H groups in total. The zero-order chi connectivity index (χ0) is 22.8. The van der Waals surface area contributed by atoms with Gasteiger partial charge in [0.1, 0.15) is 11.3 Å². The molecule has 4 rings (SSSR count). The second kappa shape index (κ2) is 9.49. The average Bonchev–Trinajstić information content (AvgIpc) is 3.32. The highest BCUT2D eigenvalue weighted by Gasteiger charge is 2.59. The molecule has 2 spiro atoms. The highest BCUT2D eigenvalue weighted by Crippen LogP contribution is 2.52. The number of benzene rings is 1. The fraction of sp³-hybridized carbons (Fsp3) is 0.625. The third kappa shape index (κ3) is 3.95. The fourth-order valence-electron chi connectivity index (χ4n) is 5.17. The second-order valence-electron chi connectivity index (χ2n) is 8.56. The molecule has 1 amide bonds. The van der Waals surface area contributed by atoms with Gasteiger partial charge in [0.15, 0.2) is 12.6 Å². The first-order valence-electron chi connectivity index (χ1n) is 11.2. The number of ether oxygens (including phenoxy) is 5. The van der Waals surface area contributed by atoms with E-state index in [1.165, 1.54) is 12.2 Å². The zero-order valence-corrected chi connectivity index (χ0v) is 19.4. The molecule has 32 heavy (non-hydrogen) atoms. The second-order valence-corrected chi connectivity index (χ2v) is 8.56. The van der Waals surface area contributed by atoms with Crippen LogP contribution in [-0.2, 0) is 33.3 Å². The lowest BCUT2D eigenvalue weighted by Crippen LogP contribution is -2.53. The van der Waals surface area contributed by atoms with E-state index in [2.05, 4.69) is 0 Å². The summed E-state index contributed by atoms with van der Waals surface area (Å²) in [4.78, 5) is 19.4. The van der Waals surface area contributed by atoms with Gasteiger partial charge in [-0.3, -0.25) is 9.63 Å². The maximum Gasteiger partial charge on any atom is 0.282 e. The number of rotatable bonds is 8. The lowest BCUT2D eigenvalue weighted by atomic mass is 9.77. The number of methoxy groups -OCH3 is 1. The summed E-state index contributed by atoms with van der Waals surface area (Å²) in [6.45, 7) is 6.11. The number of carbonyl (C=O) groups is 1. The monoisotopic (exact) mass is 447 g/mol. The van der Waals surface area contributed by atoms with E-state index in [0.717, 1.165) is 16.7 Å². The van der Waals surface area contributed by atoms with Gasteiger partial charge in [0.25, 0.3) is 5.91 Å². The van der Waals surface area contributed by atoms with Crippen molar-refractivity contribution in [1.29, 1.82) is 0 Å². The van der Waals surface area contributed by atoms with Crippen molar-refractivity contribution in [1.82, 2.24) is 5.06 Å². The topological polar surface area (TPSA) is 75.7 Å². The van der Waals surface area contributed by atoms with Gasteiger partial charge in [-0.25, -0.2) is 5.06 Å². The Hall–Kier alpha value is -1.97. The molecule has 0 radical (unpaired) electrons. The minimum atomic E-state index is -0.735. The molecule has 1 saturated carbocycles. The average molecular weight is 448 g/mol. The third-order valence-corrected chi connectivity index (χ3v) is 6.72. The van der Waals surface area contributed by atoms with Gasteiger partial charge in [-0.05, 0) is 43.4 Å². The van der Waals surface area contributed by atoms with Gasteiger partial charge in [0.2, 0.25) is 0 Å². The highest BCUT2D eigenvalue weighted by atomic mass is 16.7. The third-order valence-electron chi connectivity index (χ3n) is 6.72. The van der Waals surface area contributed by atoms with Gasteiger partial charge in [-0.15, -0.1) is 0 Å². The predicted molar refractivity (Wildman–Crippen MR) is 116 cm³/mol. The van der Waals surface area contributed by atoms with E-state index in [-0.39, 0.29) is 12.7 Å². The number of hydrogen-bond donors (Lipinski definition) is 0. The summed E-state index contributed by atoms with van der Waals surface area (Å²) in [6.07, 6.45) is 2.51. The van der Waals surface area contributed by atoms with Crippen molar-refractivity contribution in [3.05, 3.63) is 40.6 Å². The van der Waals surface area contributed by atoms with Crippen LogP contribution >= 0.6 is 0 Å². The molecule has 3 aliphatic rings. The Labute approximate surface area is 189 Å². The van der Waals surface area contributed by atoms with Gasteiger partial charge in [-0.2, -0.15) is 0 Å². The molecule has 0 unspecified atom stereocenters. The molecule has 0 atom stereocenters. The van der Waals surface area contributed by atoms with Crippen molar-refractivity contribution in [2.75, 3.05) is 47.4 Å². The van der Waals surface area contributed by atoms with Gasteiger partial charge >= 0.3 is 0 Å². The van der Waals surface area contributed by atoms with E-state index in [9.17, 15) is 4.79 Å². The Kier molecular flexibility index (Phi) is 6.88. The molecular formula is C24H33NO7. The lowest BCUT2D eigenvalue weighted by Gasteiger charge is -2.45. The van der Waals surface area contributed by atoms with Crippen LogP contribution in [-0.4, -0.2) is 69.7 Å². The van der Waals surface area contributed by atoms with Crippen LogP contribution in [0.4, 0.5) is 0 Å². The number of hydrogen-bond acceptors (Lipinski definition) is 7. The number of nitrogens with zero attached hydrogens (tertiary/aromatic N) is 1. The van der Waals surface area contributed by atoms with Crippen LogP contribution in [0.25, 0.3) is 5.57 Å². The van der Waals surface area contributed by atoms with Crippen LogP contribution in [0.15, 0.2) is 24.0 Å². The first-order valence-corrected chi connectivity index (χ1v) is 11.2. The molecule has 1 saturated heterocycles. The Bertz CT molecular complexity index is 845. The molecule has 176 valence electrons. The number of hydroxylamine groups is 2. The lowest BCUT2D eigenvalue weighted by molar-refractivity contribution is -0.235. The first-order chi connectivity index (χ1) is 15.5. The summed E-state index contributed by atoms with van der Waals surface area (Å²) in [5.41, 5.74) is 2.72. The molecule has 0 aromatic heterocycles. The number of carbonyl (C=O) groups excluding carboxylic acids is 1. The van der Waals surface area contributed by atoms with E-state index in [4.69, 9.17) is 28.5 Å². The van der Waals surface area contributed by atoms with Crippen molar-refractivity contribution in [3.8, 4) is 0 Å². The zero-order valence-electron chi connectivity index (χ0n) is 19.4. The molecule has 2 fully saturated rings. The molecule has 1 aromatic rings. The van der Waals surface area contributed by atoms with Gasteiger partial charge in [0, 0.05) is 20.0 Å². The summed E-state index contributed by atoms with van der Waals surface area (Å²) in [6, 6.07) is 6.01. The van der Waals surface area contributed by atoms with Gasteiger partial charge < -0.3 is 23.7 Å². The van der Waals surface area contributed by atoms with E-state index in [0.29, 0.717) is 63.4 Å². The van der Waals surface area contributed by atoms with Gasteiger partial charge in [-0.1, -0.05) is 18.2 Å². The fourth-order valence-corrected chi connectivity index (χ4v) is 5.17. The maximum absolute atomic E-state index is 13.7. The highest BCUT2D eigenvalue weighted by molar-refractivity contribution is 6.23. The first kappa shape index (κ1) is 23.2. The molecule has 1 aliphatic carbocycles. The van der Waals surface area contributed by atoms with Crippen molar-refractivity contribution >= 4 is 11.5 Å². The summed E-state index contributed by atoms with van der Waals surface area (Å²) >= 11 is 0. The van der Waals surface area contributed by atoms with Crippen molar-refractivity contribution in [3.63, 3.8) is 0 Å². The van der Waals surface area contributed by atoms with Crippen LogP contribution < -0.4 is 0 Å². The standard InChI is InChI=1S/C24H33NO7/c1-17-6-5-7-18(2)19(17)20-21(30-16-29-13-12-27-3)23(25(28-4)22(20)26)8-10-24(11-9-23)31-14-15-32-24/h5-7H,8-16H2,1-4H3. The number of amides is 1. The van der Waals surface area contributed by atoms with Crippen molar-refractivity contribution in [2.45, 2.75) is 50.9 Å². The molecule has 2 heterocycles. The smallest absolute Gasteiger partial charge is 0.282 e. The minimum Gasteiger partial charge on any atom is -0.468 e. The Morgan fingerprint density at radius 2 is 1.66 bits per heavy atom. The van der Waals surface area contributed by atoms with E-state index >= 15 is 0 Å². The Balaban J connectivity index is 1.74. The number of aryl methyl sites for hydroxylation is 2. The predicted octanol–water partition coefficient (Wildman–Crippen LogP) is 3.11. The quantitative estimate of drug-likeness (QED) is 0.448. The Morgan fingerprint density at radius 3 is 2.25 bits per heavy atom. The van der Waals surface area contributed by atoms with Crippen LogP contribution in [0, 0.1) is 13.8 Å². The molecule has 1 aromatic carbocycles. The van der Waals surface area contributed by atoms with E-state index in [1.807, 2.05) is 32.0 Å². The van der Waals surface area contributed by atoms with Crippen LogP contribution in [0.3, 0.4) is 0 Å². The van der Waals surface area contributed by atoms with Crippen LogP contribution in [0.2, 0.25) is 0 Å². The summed E-state index contributed by atoms with van der Waals surface area (Å²) in [5, 5.41) is 1.49. The molecule has 8 nitrogen and oxygen atoms in total. The summed E-state index contributed by atoms with van der Waals surface area (Å²) in [5.74, 6) is -0.164. The summed E-state index contributed by atoms with van der Waals surface area (Å²) in [7, 11) is 3.16. The molecule has 8 heteroatoms. The van der Waals surface area contributed by atoms with Crippen LogP contribution in [0.1, 0.15) is 42.4 Å². The van der Waals surface area contributed by atoms with Gasteiger partial charge in [0.05, 0.1) is 39.1 Å².